The average Bonchev–Trinajstić information content (AvgIpc) is 2.80. The molecule has 7 nitrogen and oxygen atoms in total. The van der Waals surface area contributed by atoms with Crippen LogP contribution in [0.5, 0.6) is 28.7 Å². The van der Waals surface area contributed by atoms with Crippen LogP contribution in [0.1, 0.15) is 88.4 Å². The molecule has 0 aliphatic carbocycles. The third kappa shape index (κ3) is 6.95. The van der Waals surface area contributed by atoms with Crippen molar-refractivity contribution in [3.63, 3.8) is 0 Å². The van der Waals surface area contributed by atoms with Gasteiger partial charge in [0, 0.05) is 36.1 Å². The molecule has 3 rings (SSSR count). The van der Waals surface area contributed by atoms with E-state index in [0.717, 1.165) is 19.3 Å². The third-order valence-electron chi connectivity index (χ3n) is 6.26. The number of rotatable bonds is 12. The molecule has 0 saturated heterocycles. The molecule has 7 heteroatoms. The molecule has 1 heterocycles. The lowest BCUT2D eigenvalue weighted by atomic mass is 9.93. The minimum absolute atomic E-state index is 0.137. The Morgan fingerprint density at radius 1 is 0.882 bits per heavy atom. The first-order valence-electron chi connectivity index (χ1n) is 12.3. The molecular formula is C27H36O7. The molecule has 0 amide bonds. The summed E-state index contributed by atoms with van der Waals surface area (Å²) in [6, 6.07) is 6.88. The fourth-order valence-corrected chi connectivity index (χ4v) is 4.36. The quantitative estimate of drug-likeness (QED) is 0.170. The van der Waals surface area contributed by atoms with Crippen molar-refractivity contribution in [3.8, 4) is 28.7 Å². The van der Waals surface area contributed by atoms with Crippen molar-refractivity contribution in [1.29, 1.82) is 0 Å². The highest BCUT2D eigenvalue weighted by Gasteiger charge is 2.36. The number of unbranched alkanes of at least 4 members (excludes halogenated alkanes) is 8. The van der Waals surface area contributed by atoms with Crippen LogP contribution in [0.25, 0.3) is 0 Å². The first-order chi connectivity index (χ1) is 16.4. The number of fused-ring (bicyclic) bond motifs is 1. The van der Waals surface area contributed by atoms with Crippen LogP contribution in [0.4, 0.5) is 0 Å². The molecule has 186 valence electrons. The summed E-state index contributed by atoms with van der Waals surface area (Å²) in [7, 11) is 0. The molecule has 0 spiro atoms. The van der Waals surface area contributed by atoms with E-state index in [1.807, 2.05) is 0 Å². The summed E-state index contributed by atoms with van der Waals surface area (Å²) >= 11 is 0. The van der Waals surface area contributed by atoms with E-state index < -0.39 is 12.2 Å². The summed E-state index contributed by atoms with van der Waals surface area (Å²) in [5.74, 6) is -0.932. The third-order valence-corrected chi connectivity index (χ3v) is 6.26. The zero-order chi connectivity index (χ0) is 24.5. The fourth-order valence-electron chi connectivity index (χ4n) is 4.36. The molecular weight excluding hydrogens is 436 g/mol. The van der Waals surface area contributed by atoms with E-state index >= 15 is 0 Å². The molecule has 2 aromatic carbocycles. The molecule has 1 aliphatic rings. The number of phenolic OH excluding ortho intramolecular Hbond substituents is 4. The van der Waals surface area contributed by atoms with Crippen LogP contribution in [0.2, 0.25) is 0 Å². The minimum atomic E-state index is -0.771. The van der Waals surface area contributed by atoms with Gasteiger partial charge in [-0.05, 0) is 18.6 Å². The monoisotopic (exact) mass is 472 g/mol. The number of carbonyl (C=O) groups excluding carboxylic acids is 1. The average molecular weight is 473 g/mol. The van der Waals surface area contributed by atoms with E-state index in [0.29, 0.717) is 17.5 Å². The first-order valence-corrected chi connectivity index (χ1v) is 12.3. The lowest BCUT2D eigenvalue weighted by Gasteiger charge is -2.34. The van der Waals surface area contributed by atoms with Gasteiger partial charge in [-0.25, -0.2) is 0 Å². The highest BCUT2D eigenvalue weighted by atomic mass is 16.6. The summed E-state index contributed by atoms with van der Waals surface area (Å²) < 4.78 is 11.8. The molecule has 0 bridgehead atoms. The highest BCUT2D eigenvalue weighted by Crippen LogP contribution is 2.43. The molecule has 34 heavy (non-hydrogen) atoms. The number of hydrogen-bond donors (Lipinski definition) is 4. The van der Waals surface area contributed by atoms with Crippen LogP contribution in [0, 0.1) is 0 Å². The largest absolute Gasteiger partial charge is 0.508 e. The van der Waals surface area contributed by atoms with Gasteiger partial charge >= 0.3 is 5.97 Å². The van der Waals surface area contributed by atoms with Crippen molar-refractivity contribution < 1.29 is 34.7 Å². The summed E-state index contributed by atoms with van der Waals surface area (Å²) in [6.07, 6.45) is 9.35. The van der Waals surface area contributed by atoms with Gasteiger partial charge in [0.15, 0.2) is 17.6 Å². The van der Waals surface area contributed by atoms with Crippen LogP contribution in [0.15, 0.2) is 30.3 Å². The van der Waals surface area contributed by atoms with Gasteiger partial charge in [-0.1, -0.05) is 64.4 Å². The van der Waals surface area contributed by atoms with Crippen molar-refractivity contribution in [2.24, 2.45) is 0 Å². The molecule has 0 radical (unpaired) electrons. The second-order valence-corrected chi connectivity index (χ2v) is 9.04. The molecule has 0 saturated carbocycles. The van der Waals surface area contributed by atoms with Crippen LogP contribution in [-0.2, 0) is 16.0 Å². The standard InChI is InChI=1S/C27H36O7/c1-2-3-4-5-6-7-8-9-10-11-26(32)33-25-17-20-22(30)15-19(28)16-24(20)34-27(25)18-12-13-21(29)23(31)14-18/h12-16,25,27-31H,2-11,17H2,1H3. The Bertz CT molecular complexity index is 956. The van der Waals surface area contributed by atoms with Gasteiger partial charge in [-0.15, -0.1) is 0 Å². The molecule has 4 N–H and O–H groups in total. The lowest BCUT2D eigenvalue weighted by molar-refractivity contribution is -0.155. The van der Waals surface area contributed by atoms with Gasteiger partial charge in [0.1, 0.15) is 23.4 Å². The summed E-state index contributed by atoms with van der Waals surface area (Å²) in [5.41, 5.74) is 0.947. The van der Waals surface area contributed by atoms with Gasteiger partial charge in [-0.3, -0.25) is 4.79 Å². The van der Waals surface area contributed by atoms with Gasteiger partial charge in [0.25, 0.3) is 0 Å². The Hall–Kier alpha value is -3.09. The van der Waals surface area contributed by atoms with E-state index in [-0.39, 0.29) is 41.1 Å². The minimum Gasteiger partial charge on any atom is -0.508 e. The SMILES string of the molecule is CCCCCCCCCCCC(=O)OC1Cc2c(O)cc(O)cc2OC1c1ccc(O)c(O)c1. The van der Waals surface area contributed by atoms with Gasteiger partial charge in [0.2, 0.25) is 0 Å². The zero-order valence-electron chi connectivity index (χ0n) is 19.8. The molecule has 1 aliphatic heterocycles. The predicted octanol–water partition coefficient (Wildman–Crippen LogP) is 6.02. The van der Waals surface area contributed by atoms with Crippen molar-refractivity contribution in [3.05, 3.63) is 41.5 Å². The van der Waals surface area contributed by atoms with Gasteiger partial charge in [-0.2, -0.15) is 0 Å². The summed E-state index contributed by atoms with van der Waals surface area (Å²) in [5, 5.41) is 39.7. The predicted molar refractivity (Wildman–Crippen MR) is 128 cm³/mol. The highest BCUT2D eigenvalue weighted by molar-refractivity contribution is 5.69. The van der Waals surface area contributed by atoms with Gasteiger partial charge in [0.05, 0.1) is 0 Å². The van der Waals surface area contributed by atoms with E-state index in [2.05, 4.69) is 6.92 Å². The van der Waals surface area contributed by atoms with Crippen molar-refractivity contribution in [1.82, 2.24) is 0 Å². The van der Waals surface area contributed by atoms with Crippen molar-refractivity contribution in [2.45, 2.75) is 89.8 Å². The first kappa shape index (κ1) is 25.5. The van der Waals surface area contributed by atoms with Crippen molar-refractivity contribution in [2.75, 3.05) is 0 Å². The van der Waals surface area contributed by atoms with E-state index in [4.69, 9.17) is 9.47 Å². The van der Waals surface area contributed by atoms with Crippen LogP contribution < -0.4 is 4.74 Å². The lowest BCUT2D eigenvalue weighted by Crippen LogP contribution is -2.34. The van der Waals surface area contributed by atoms with E-state index in [1.54, 1.807) is 6.07 Å². The second kappa shape index (κ2) is 12.4. The smallest absolute Gasteiger partial charge is 0.306 e. The van der Waals surface area contributed by atoms with E-state index in [1.165, 1.54) is 62.8 Å². The Labute approximate surface area is 201 Å². The Morgan fingerprint density at radius 3 is 2.24 bits per heavy atom. The Kier molecular flexibility index (Phi) is 9.31. The van der Waals surface area contributed by atoms with Crippen LogP contribution >= 0.6 is 0 Å². The number of phenols is 4. The molecule has 2 unspecified atom stereocenters. The Morgan fingerprint density at radius 2 is 1.56 bits per heavy atom. The summed E-state index contributed by atoms with van der Waals surface area (Å²) in [6.45, 7) is 2.21. The molecule has 0 aromatic heterocycles. The van der Waals surface area contributed by atoms with Gasteiger partial charge < -0.3 is 29.9 Å². The molecule has 0 fully saturated rings. The zero-order valence-corrected chi connectivity index (χ0v) is 19.8. The Balaban J connectivity index is 1.59. The number of aromatic hydroxyl groups is 4. The number of esters is 1. The molecule has 2 aromatic rings. The van der Waals surface area contributed by atoms with E-state index in [9.17, 15) is 25.2 Å². The normalized spacial score (nSPS) is 17.1. The fraction of sp³-hybridized carbons (Fsp3) is 0.519. The maximum atomic E-state index is 12.6. The molecule has 2 atom stereocenters. The van der Waals surface area contributed by atoms with Crippen molar-refractivity contribution >= 4 is 5.97 Å². The maximum Gasteiger partial charge on any atom is 0.306 e. The number of benzene rings is 2. The second-order valence-electron chi connectivity index (χ2n) is 9.04. The number of ether oxygens (including phenoxy) is 2. The summed E-state index contributed by atoms with van der Waals surface area (Å²) in [4.78, 5) is 12.6. The number of hydrogen-bond acceptors (Lipinski definition) is 7. The topological polar surface area (TPSA) is 116 Å². The maximum absolute atomic E-state index is 12.6. The van der Waals surface area contributed by atoms with Crippen LogP contribution in [0.3, 0.4) is 0 Å². The number of carbonyl (C=O) groups is 1. The van der Waals surface area contributed by atoms with Crippen LogP contribution in [-0.4, -0.2) is 32.5 Å².